The highest BCUT2D eigenvalue weighted by Crippen LogP contribution is 2.38. The number of aryl methyl sites for hydroxylation is 2. The van der Waals surface area contributed by atoms with Crippen molar-refractivity contribution in [1.29, 1.82) is 0 Å². The molecule has 1 N–H and O–H groups in total. The van der Waals surface area contributed by atoms with Gasteiger partial charge in [-0.25, -0.2) is 15.0 Å². The number of rotatable bonds is 4. The number of amides is 1. The van der Waals surface area contributed by atoms with E-state index < -0.39 is 6.04 Å². The molecule has 1 aliphatic rings. The lowest BCUT2D eigenvalue weighted by molar-refractivity contribution is -0.117. The maximum atomic E-state index is 12.7. The van der Waals surface area contributed by atoms with Gasteiger partial charge < -0.3 is 5.32 Å². The number of fused-ring (bicyclic) bond motifs is 1. The van der Waals surface area contributed by atoms with Gasteiger partial charge in [-0.2, -0.15) is 10.2 Å². The van der Waals surface area contributed by atoms with Crippen molar-refractivity contribution in [2.45, 2.75) is 19.4 Å². The summed E-state index contributed by atoms with van der Waals surface area (Å²) in [6.45, 7) is 1.97. The molecule has 0 aromatic carbocycles. The number of nitrogens with zero attached hydrogens (tertiary/aromatic N) is 8. The number of carbonyl (C=O) groups is 1. The molecule has 30 heavy (non-hydrogen) atoms. The zero-order valence-electron chi connectivity index (χ0n) is 16.6. The van der Waals surface area contributed by atoms with E-state index in [-0.39, 0.29) is 5.91 Å². The number of hydrogen-bond acceptors (Lipinski definition) is 8. The molecule has 11 heteroatoms. The Hall–Kier alpha value is -3.60. The fourth-order valence-electron chi connectivity index (χ4n) is 3.57. The molecule has 0 aliphatic carbocycles. The Kier molecular flexibility index (Phi) is 4.31. The summed E-state index contributed by atoms with van der Waals surface area (Å²) in [5.74, 6) is 1.69. The van der Waals surface area contributed by atoms with Crippen LogP contribution in [0.1, 0.15) is 13.3 Å². The van der Waals surface area contributed by atoms with Gasteiger partial charge >= 0.3 is 0 Å². The Labute approximate surface area is 176 Å². The van der Waals surface area contributed by atoms with Gasteiger partial charge in [-0.1, -0.05) is 6.92 Å². The molecule has 4 aromatic rings. The van der Waals surface area contributed by atoms with Crippen molar-refractivity contribution in [3.63, 3.8) is 0 Å². The summed E-state index contributed by atoms with van der Waals surface area (Å²) < 4.78 is 3.43. The molecular formula is C19H19N9OS. The highest BCUT2D eigenvalue weighted by Gasteiger charge is 2.36. The Bertz CT molecular complexity index is 1230. The molecule has 1 aliphatic heterocycles. The minimum Gasteiger partial charge on any atom is -0.320 e. The van der Waals surface area contributed by atoms with Crippen molar-refractivity contribution in [2.75, 3.05) is 10.2 Å². The van der Waals surface area contributed by atoms with Crippen molar-refractivity contribution >= 4 is 34.6 Å². The second-order valence-electron chi connectivity index (χ2n) is 6.96. The van der Waals surface area contributed by atoms with Crippen molar-refractivity contribution in [1.82, 2.24) is 34.5 Å². The van der Waals surface area contributed by atoms with Gasteiger partial charge in [0.2, 0.25) is 5.91 Å². The van der Waals surface area contributed by atoms with Crippen LogP contribution in [0.15, 0.2) is 36.2 Å². The number of anilines is 3. The third kappa shape index (κ3) is 2.94. The van der Waals surface area contributed by atoms with Crippen LogP contribution in [0.2, 0.25) is 0 Å². The van der Waals surface area contributed by atoms with Crippen LogP contribution in [-0.4, -0.2) is 46.5 Å². The predicted octanol–water partition coefficient (Wildman–Crippen LogP) is 2.60. The maximum Gasteiger partial charge on any atom is 0.247 e. The standard InChI is InChI=1S/C19H19N9OS/c1-4-13-18(29)22-12-9-21-16(23-17(12)28(13)14-5-7-26(2)24-14)11-10-27(3)25-15(11)19-20-6-8-30-19/h5-10,13H,4H2,1-3H3,(H,22,29). The predicted molar refractivity (Wildman–Crippen MR) is 113 cm³/mol. The average molecular weight is 421 g/mol. The summed E-state index contributed by atoms with van der Waals surface area (Å²) in [7, 11) is 3.70. The maximum absolute atomic E-state index is 12.7. The van der Waals surface area contributed by atoms with Gasteiger partial charge in [0.05, 0.1) is 11.8 Å². The van der Waals surface area contributed by atoms with Gasteiger partial charge in [0.1, 0.15) is 22.4 Å². The zero-order valence-corrected chi connectivity index (χ0v) is 17.5. The van der Waals surface area contributed by atoms with Crippen molar-refractivity contribution in [3.05, 3.63) is 36.2 Å². The summed E-state index contributed by atoms with van der Waals surface area (Å²) in [6.07, 6.45) is 7.71. The van der Waals surface area contributed by atoms with Crippen molar-refractivity contribution in [2.24, 2.45) is 14.1 Å². The Morgan fingerprint density at radius 3 is 2.77 bits per heavy atom. The first-order chi connectivity index (χ1) is 14.5. The minimum absolute atomic E-state index is 0.100. The molecule has 0 bridgehead atoms. The third-order valence-electron chi connectivity index (χ3n) is 4.91. The summed E-state index contributed by atoms with van der Waals surface area (Å²) >= 11 is 1.51. The number of thiazole rings is 1. The van der Waals surface area contributed by atoms with E-state index in [4.69, 9.17) is 4.98 Å². The van der Waals surface area contributed by atoms with E-state index in [1.807, 2.05) is 49.8 Å². The van der Waals surface area contributed by atoms with Crippen LogP contribution in [0.3, 0.4) is 0 Å². The SMILES string of the molecule is CCC1C(=O)Nc2cnc(-c3cn(C)nc3-c3nccs3)nc2N1c1ccn(C)n1. The second-order valence-corrected chi connectivity index (χ2v) is 7.86. The van der Waals surface area contributed by atoms with Gasteiger partial charge in [0, 0.05) is 44.1 Å². The topological polar surface area (TPSA) is 107 Å². The molecule has 0 saturated carbocycles. The fourth-order valence-corrected chi connectivity index (χ4v) is 4.21. The van der Waals surface area contributed by atoms with Crippen LogP contribution in [0.5, 0.6) is 0 Å². The van der Waals surface area contributed by atoms with E-state index in [0.717, 1.165) is 16.3 Å². The number of aromatic nitrogens is 7. The van der Waals surface area contributed by atoms with Gasteiger partial charge in [0.25, 0.3) is 0 Å². The molecule has 4 aromatic heterocycles. The molecule has 1 atom stereocenters. The zero-order chi connectivity index (χ0) is 20.8. The molecule has 10 nitrogen and oxygen atoms in total. The van der Waals surface area contributed by atoms with E-state index in [1.54, 1.807) is 21.8 Å². The molecule has 0 radical (unpaired) electrons. The first-order valence-corrected chi connectivity index (χ1v) is 10.3. The van der Waals surface area contributed by atoms with E-state index in [1.165, 1.54) is 11.3 Å². The lowest BCUT2D eigenvalue weighted by Gasteiger charge is -2.34. The molecular weight excluding hydrogens is 402 g/mol. The molecule has 5 heterocycles. The average Bonchev–Trinajstić information content (AvgIpc) is 3.47. The van der Waals surface area contributed by atoms with E-state index >= 15 is 0 Å². The molecule has 0 fully saturated rings. The fraction of sp³-hybridized carbons (Fsp3) is 0.263. The summed E-state index contributed by atoms with van der Waals surface area (Å²) in [5.41, 5.74) is 2.06. The van der Waals surface area contributed by atoms with Crippen LogP contribution in [0.4, 0.5) is 17.3 Å². The van der Waals surface area contributed by atoms with Crippen LogP contribution < -0.4 is 10.2 Å². The van der Waals surface area contributed by atoms with E-state index in [0.29, 0.717) is 29.6 Å². The number of nitrogens with one attached hydrogen (secondary N) is 1. The van der Waals surface area contributed by atoms with Gasteiger partial charge in [-0.15, -0.1) is 11.3 Å². The van der Waals surface area contributed by atoms with Crippen LogP contribution in [-0.2, 0) is 18.9 Å². The van der Waals surface area contributed by atoms with Crippen LogP contribution in [0, 0.1) is 0 Å². The number of hydrogen-bond donors (Lipinski definition) is 1. The molecule has 1 unspecified atom stereocenters. The van der Waals surface area contributed by atoms with E-state index in [2.05, 4.69) is 25.5 Å². The highest BCUT2D eigenvalue weighted by atomic mass is 32.1. The van der Waals surface area contributed by atoms with Crippen LogP contribution in [0.25, 0.3) is 22.1 Å². The molecule has 0 spiro atoms. The van der Waals surface area contributed by atoms with Crippen molar-refractivity contribution < 1.29 is 4.79 Å². The minimum atomic E-state index is -0.414. The van der Waals surface area contributed by atoms with Crippen LogP contribution >= 0.6 is 11.3 Å². The smallest absolute Gasteiger partial charge is 0.247 e. The molecule has 1 amide bonds. The molecule has 5 rings (SSSR count). The Morgan fingerprint density at radius 1 is 1.20 bits per heavy atom. The molecule has 152 valence electrons. The lowest BCUT2D eigenvalue weighted by Crippen LogP contribution is -2.46. The summed E-state index contributed by atoms with van der Waals surface area (Å²) in [6, 6.07) is 1.46. The lowest BCUT2D eigenvalue weighted by atomic mass is 10.1. The van der Waals surface area contributed by atoms with Gasteiger partial charge in [-0.05, 0) is 6.42 Å². The quantitative estimate of drug-likeness (QED) is 0.540. The van der Waals surface area contributed by atoms with Gasteiger partial charge in [0.15, 0.2) is 17.5 Å². The highest BCUT2D eigenvalue weighted by molar-refractivity contribution is 7.13. The van der Waals surface area contributed by atoms with Crippen molar-refractivity contribution in [3.8, 4) is 22.1 Å². The molecule has 0 saturated heterocycles. The normalized spacial score (nSPS) is 15.9. The summed E-state index contributed by atoms with van der Waals surface area (Å²) in [4.78, 5) is 28.3. The Morgan fingerprint density at radius 2 is 2.07 bits per heavy atom. The van der Waals surface area contributed by atoms with Gasteiger partial charge in [-0.3, -0.25) is 19.1 Å². The summed E-state index contributed by atoms with van der Waals surface area (Å²) in [5, 5.41) is 14.7. The third-order valence-corrected chi connectivity index (χ3v) is 5.69. The monoisotopic (exact) mass is 421 g/mol. The Balaban J connectivity index is 1.67. The number of carbonyl (C=O) groups excluding carboxylic acids is 1. The largest absolute Gasteiger partial charge is 0.320 e. The first kappa shape index (κ1) is 18.4. The first-order valence-electron chi connectivity index (χ1n) is 9.45. The second kappa shape index (κ2) is 7.02. The van der Waals surface area contributed by atoms with E-state index in [9.17, 15) is 4.79 Å².